The highest BCUT2D eigenvalue weighted by atomic mass is 16.6. The van der Waals surface area contributed by atoms with Crippen LogP contribution in [0.5, 0.6) is 0 Å². The number of hydrogen-bond acceptors (Lipinski definition) is 4. The quantitative estimate of drug-likeness (QED) is 0.789. The summed E-state index contributed by atoms with van der Waals surface area (Å²) in [5.41, 5.74) is -1.28. The molecule has 0 bridgehead atoms. The van der Waals surface area contributed by atoms with Crippen LogP contribution in [0, 0.1) is 17.3 Å². The molecule has 0 saturated carbocycles. The highest BCUT2D eigenvalue weighted by Crippen LogP contribution is 2.31. The largest absolute Gasteiger partial charge is 0.481 e. The molecule has 2 N–H and O–H groups in total. The zero-order valence-electron chi connectivity index (χ0n) is 16.4. The summed E-state index contributed by atoms with van der Waals surface area (Å²) in [5.74, 6) is -1.65. The van der Waals surface area contributed by atoms with Crippen molar-refractivity contribution in [2.24, 2.45) is 17.3 Å². The number of carboxylic acid groups (broad SMARTS) is 1. The van der Waals surface area contributed by atoms with E-state index in [1.807, 2.05) is 27.7 Å². The normalized spacial score (nSPS) is 21.0. The fraction of sp³-hybridized carbons (Fsp3) is 0.833. The molecule has 1 rings (SSSR count). The van der Waals surface area contributed by atoms with Crippen molar-refractivity contribution in [2.45, 2.75) is 66.5 Å². The number of carbonyl (C=O) groups excluding carboxylic acids is 2. The van der Waals surface area contributed by atoms with Gasteiger partial charge in [0, 0.05) is 19.5 Å². The van der Waals surface area contributed by atoms with Gasteiger partial charge in [-0.2, -0.15) is 0 Å². The Morgan fingerprint density at radius 2 is 1.84 bits per heavy atom. The zero-order chi connectivity index (χ0) is 19.6. The molecule has 1 aliphatic heterocycles. The summed E-state index contributed by atoms with van der Waals surface area (Å²) < 4.78 is 5.28. The molecule has 1 aliphatic rings. The number of hydrogen-bond donors (Lipinski definition) is 2. The van der Waals surface area contributed by atoms with Crippen molar-refractivity contribution in [3.05, 3.63) is 0 Å². The maximum Gasteiger partial charge on any atom is 0.407 e. The molecule has 7 nitrogen and oxygen atoms in total. The van der Waals surface area contributed by atoms with Crippen LogP contribution in [-0.2, 0) is 14.3 Å². The molecule has 0 aliphatic carbocycles. The number of rotatable bonds is 5. The molecule has 0 radical (unpaired) electrons. The van der Waals surface area contributed by atoms with Gasteiger partial charge in [-0.3, -0.25) is 9.59 Å². The smallest absolute Gasteiger partial charge is 0.407 e. The van der Waals surface area contributed by atoms with Gasteiger partial charge in [0.2, 0.25) is 5.91 Å². The van der Waals surface area contributed by atoms with E-state index in [4.69, 9.17) is 4.74 Å². The van der Waals surface area contributed by atoms with Crippen LogP contribution in [0.15, 0.2) is 0 Å². The van der Waals surface area contributed by atoms with Crippen molar-refractivity contribution in [3.63, 3.8) is 0 Å². The Kier molecular flexibility index (Phi) is 6.48. The lowest BCUT2D eigenvalue weighted by Crippen LogP contribution is -2.54. The molecule has 25 heavy (non-hydrogen) atoms. The van der Waals surface area contributed by atoms with Gasteiger partial charge in [-0.05, 0) is 32.1 Å². The topological polar surface area (TPSA) is 95.9 Å². The number of amides is 2. The Balaban J connectivity index is 3.02. The second kappa shape index (κ2) is 7.62. The zero-order valence-corrected chi connectivity index (χ0v) is 16.4. The molecule has 1 fully saturated rings. The number of alkyl carbamates (subject to hydrolysis) is 1. The Morgan fingerprint density at radius 3 is 2.20 bits per heavy atom. The fourth-order valence-corrected chi connectivity index (χ4v) is 3.22. The number of nitrogens with zero attached hydrogens (tertiary/aromatic N) is 1. The predicted octanol–water partition coefficient (Wildman–Crippen LogP) is 2.50. The van der Waals surface area contributed by atoms with Gasteiger partial charge in [0.25, 0.3) is 0 Å². The van der Waals surface area contributed by atoms with Gasteiger partial charge in [0.1, 0.15) is 5.60 Å². The minimum Gasteiger partial charge on any atom is -0.481 e. The van der Waals surface area contributed by atoms with E-state index in [1.54, 1.807) is 25.7 Å². The lowest BCUT2D eigenvalue weighted by Gasteiger charge is -2.36. The minimum atomic E-state index is -1.01. The first-order valence-corrected chi connectivity index (χ1v) is 8.71. The molecular weight excluding hydrogens is 324 g/mol. The maximum absolute atomic E-state index is 12.2. The van der Waals surface area contributed by atoms with Crippen LogP contribution < -0.4 is 5.32 Å². The molecule has 0 aromatic heterocycles. The van der Waals surface area contributed by atoms with E-state index in [-0.39, 0.29) is 18.4 Å². The number of likely N-dealkylation sites (tertiary alicyclic amines) is 1. The number of carboxylic acids is 1. The molecule has 7 heteroatoms. The molecular formula is C18H32N2O5. The Labute approximate surface area is 150 Å². The molecule has 2 amide bonds. The highest BCUT2D eigenvalue weighted by Gasteiger charge is 2.42. The van der Waals surface area contributed by atoms with E-state index in [1.165, 1.54) is 0 Å². The molecule has 3 atom stereocenters. The minimum absolute atomic E-state index is 0.0125. The van der Waals surface area contributed by atoms with Crippen LogP contribution in [0.2, 0.25) is 0 Å². The van der Waals surface area contributed by atoms with Crippen molar-refractivity contribution in [2.75, 3.05) is 13.1 Å². The first-order chi connectivity index (χ1) is 11.2. The standard InChI is InChI=1S/C18H32N2O5/c1-11-8-13(21)20(9-11)10-12(14(15(22)23)17(2,3)4)19-16(24)25-18(5,6)7/h11-12,14H,8-10H2,1-7H3,(H,19,24)(H,22,23)/t11?,12-,14?/m1/s1. The summed E-state index contributed by atoms with van der Waals surface area (Å²) in [7, 11) is 0. The maximum atomic E-state index is 12.2. The van der Waals surface area contributed by atoms with Crippen molar-refractivity contribution in [1.29, 1.82) is 0 Å². The van der Waals surface area contributed by atoms with Crippen LogP contribution >= 0.6 is 0 Å². The molecule has 2 unspecified atom stereocenters. The highest BCUT2D eigenvalue weighted by molar-refractivity contribution is 5.79. The molecule has 1 saturated heterocycles. The third-order valence-corrected chi connectivity index (χ3v) is 4.13. The van der Waals surface area contributed by atoms with E-state index in [9.17, 15) is 19.5 Å². The van der Waals surface area contributed by atoms with Gasteiger partial charge in [-0.1, -0.05) is 27.7 Å². The molecule has 1 heterocycles. The Morgan fingerprint density at radius 1 is 1.28 bits per heavy atom. The fourth-order valence-electron chi connectivity index (χ4n) is 3.22. The summed E-state index contributed by atoms with van der Waals surface area (Å²) in [6.07, 6.45) is -0.223. The third kappa shape index (κ3) is 6.55. The first kappa shape index (κ1) is 21.3. The van der Waals surface area contributed by atoms with E-state index in [0.29, 0.717) is 13.0 Å². The van der Waals surface area contributed by atoms with E-state index in [2.05, 4.69) is 5.32 Å². The first-order valence-electron chi connectivity index (χ1n) is 8.71. The van der Waals surface area contributed by atoms with E-state index >= 15 is 0 Å². The van der Waals surface area contributed by atoms with Gasteiger partial charge in [-0.25, -0.2) is 4.79 Å². The number of carbonyl (C=O) groups is 3. The van der Waals surface area contributed by atoms with E-state index < -0.39 is 35.0 Å². The molecule has 0 aromatic rings. The van der Waals surface area contributed by atoms with Crippen LogP contribution in [0.1, 0.15) is 54.9 Å². The Hall–Kier alpha value is -1.79. The van der Waals surface area contributed by atoms with Gasteiger partial charge in [-0.15, -0.1) is 0 Å². The predicted molar refractivity (Wildman–Crippen MR) is 94.1 cm³/mol. The van der Waals surface area contributed by atoms with Crippen molar-refractivity contribution >= 4 is 18.0 Å². The summed E-state index contributed by atoms with van der Waals surface area (Å²) in [4.78, 5) is 37.8. The van der Waals surface area contributed by atoms with E-state index in [0.717, 1.165) is 0 Å². The van der Waals surface area contributed by atoms with Crippen LogP contribution in [0.4, 0.5) is 4.79 Å². The average Bonchev–Trinajstić information content (AvgIpc) is 2.62. The number of aliphatic carboxylic acids is 1. The van der Waals surface area contributed by atoms with Crippen LogP contribution in [0.3, 0.4) is 0 Å². The van der Waals surface area contributed by atoms with Gasteiger partial charge in [0.05, 0.1) is 12.0 Å². The van der Waals surface area contributed by atoms with Crippen LogP contribution in [-0.4, -0.2) is 52.7 Å². The SMILES string of the molecule is CC1CC(=O)N(C[C@@H](NC(=O)OC(C)(C)C)C(C(=O)O)C(C)(C)C)C1. The van der Waals surface area contributed by atoms with Crippen molar-refractivity contribution in [1.82, 2.24) is 10.2 Å². The second-order valence-electron chi connectivity index (χ2n) is 9.04. The number of nitrogens with one attached hydrogen (secondary N) is 1. The van der Waals surface area contributed by atoms with Crippen LogP contribution in [0.25, 0.3) is 0 Å². The second-order valence-corrected chi connectivity index (χ2v) is 9.04. The lowest BCUT2D eigenvalue weighted by atomic mass is 9.76. The lowest BCUT2D eigenvalue weighted by molar-refractivity contribution is -0.147. The Bertz CT molecular complexity index is 519. The third-order valence-electron chi connectivity index (χ3n) is 4.13. The average molecular weight is 356 g/mol. The van der Waals surface area contributed by atoms with Gasteiger partial charge < -0.3 is 20.1 Å². The summed E-state index contributed by atoms with van der Waals surface area (Å²) >= 11 is 0. The number of ether oxygens (including phenoxy) is 1. The van der Waals surface area contributed by atoms with Crippen molar-refractivity contribution in [3.8, 4) is 0 Å². The molecule has 0 spiro atoms. The van der Waals surface area contributed by atoms with Gasteiger partial charge in [0.15, 0.2) is 0 Å². The summed E-state index contributed by atoms with van der Waals surface area (Å²) in [6, 6.07) is -0.735. The van der Waals surface area contributed by atoms with Gasteiger partial charge >= 0.3 is 12.1 Å². The summed E-state index contributed by atoms with van der Waals surface area (Å²) in [6.45, 7) is 13.4. The molecule has 0 aromatic carbocycles. The molecule has 144 valence electrons. The van der Waals surface area contributed by atoms with Crippen molar-refractivity contribution < 1.29 is 24.2 Å². The monoisotopic (exact) mass is 356 g/mol. The summed E-state index contributed by atoms with van der Waals surface area (Å²) in [5, 5.41) is 12.4.